The van der Waals surface area contributed by atoms with Crippen LogP contribution in [-0.4, -0.2) is 30.3 Å². The molecule has 1 aliphatic heterocycles. The van der Waals surface area contributed by atoms with Gasteiger partial charge in [0.1, 0.15) is 5.78 Å². The number of hydrogen-bond donors (Lipinski definition) is 0. The van der Waals surface area contributed by atoms with Crippen molar-refractivity contribution in [3.63, 3.8) is 0 Å². The van der Waals surface area contributed by atoms with E-state index in [1.165, 1.54) is 25.7 Å². The van der Waals surface area contributed by atoms with Gasteiger partial charge < -0.3 is 0 Å². The Labute approximate surface area is 94.0 Å². The van der Waals surface area contributed by atoms with Crippen molar-refractivity contribution in [1.82, 2.24) is 4.90 Å². The van der Waals surface area contributed by atoms with Gasteiger partial charge in [-0.3, -0.25) is 9.69 Å². The van der Waals surface area contributed by atoms with E-state index in [1.807, 2.05) is 13.8 Å². The van der Waals surface area contributed by atoms with Crippen molar-refractivity contribution >= 4 is 5.78 Å². The van der Waals surface area contributed by atoms with Gasteiger partial charge in [0, 0.05) is 5.92 Å². The molecule has 0 spiro atoms. The number of piperidine rings is 1. The number of nitrogens with zero attached hydrogens (tertiary/aromatic N) is 1. The Morgan fingerprint density at radius 2 is 1.93 bits per heavy atom. The molecular weight excluding hydrogens is 186 g/mol. The minimum Gasteiger partial charge on any atom is -0.298 e. The Kier molecular flexibility index (Phi) is 5.30. The zero-order chi connectivity index (χ0) is 11.3. The summed E-state index contributed by atoms with van der Waals surface area (Å²) in [5.74, 6) is 1.50. The fraction of sp³-hybridized carbons (Fsp3) is 0.923. The van der Waals surface area contributed by atoms with E-state index >= 15 is 0 Å². The van der Waals surface area contributed by atoms with Gasteiger partial charge in [0.25, 0.3) is 0 Å². The second-order valence-electron chi connectivity index (χ2n) is 5.13. The summed E-state index contributed by atoms with van der Waals surface area (Å²) in [6.45, 7) is 9.18. The molecule has 2 heteroatoms. The molecule has 1 aliphatic rings. The molecule has 1 saturated heterocycles. The monoisotopic (exact) mass is 211 g/mol. The lowest BCUT2D eigenvalue weighted by atomic mass is 9.92. The Morgan fingerprint density at radius 3 is 2.40 bits per heavy atom. The first-order valence-corrected chi connectivity index (χ1v) is 6.38. The van der Waals surface area contributed by atoms with Gasteiger partial charge >= 0.3 is 0 Å². The number of likely N-dealkylation sites (tertiary alicyclic amines) is 1. The predicted molar refractivity (Wildman–Crippen MR) is 63.9 cm³/mol. The molecule has 0 radical (unpaired) electrons. The fourth-order valence-corrected chi connectivity index (χ4v) is 2.24. The summed E-state index contributed by atoms with van der Waals surface area (Å²) in [6, 6.07) is 0. The van der Waals surface area contributed by atoms with Crippen molar-refractivity contribution in [3.8, 4) is 0 Å². The van der Waals surface area contributed by atoms with Crippen LogP contribution in [0.2, 0.25) is 0 Å². The van der Waals surface area contributed by atoms with Gasteiger partial charge in [-0.1, -0.05) is 33.6 Å². The number of rotatable bonds is 5. The SMILES string of the molecule is CCCC1CCN(CC(=O)C(C)C)CC1. The molecule has 0 aromatic carbocycles. The lowest BCUT2D eigenvalue weighted by Gasteiger charge is -2.31. The molecule has 1 heterocycles. The average molecular weight is 211 g/mol. The highest BCUT2D eigenvalue weighted by atomic mass is 16.1. The third kappa shape index (κ3) is 4.33. The van der Waals surface area contributed by atoms with E-state index in [2.05, 4.69) is 11.8 Å². The van der Waals surface area contributed by atoms with Crippen LogP contribution in [0.25, 0.3) is 0 Å². The second-order valence-corrected chi connectivity index (χ2v) is 5.13. The maximum absolute atomic E-state index is 11.6. The van der Waals surface area contributed by atoms with E-state index in [0.717, 1.165) is 19.0 Å². The van der Waals surface area contributed by atoms with E-state index in [9.17, 15) is 4.79 Å². The first-order valence-electron chi connectivity index (χ1n) is 6.38. The predicted octanol–water partition coefficient (Wildman–Crippen LogP) is 2.72. The summed E-state index contributed by atoms with van der Waals surface area (Å²) >= 11 is 0. The Balaban J connectivity index is 2.22. The van der Waals surface area contributed by atoms with Crippen LogP contribution < -0.4 is 0 Å². The van der Waals surface area contributed by atoms with Crippen molar-refractivity contribution in [1.29, 1.82) is 0 Å². The first-order chi connectivity index (χ1) is 7.13. The summed E-state index contributed by atoms with van der Waals surface area (Å²) in [6.07, 6.45) is 5.25. The van der Waals surface area contributed by atoms with Gasteiger partial charge in [0.05, 0.1) is 6.54 Å². The van der Waals surface area contributed by atoms with Crippen LogP contribution in [0.4, 0.5) is 0 Å². The number of carbonyl (C=O) groups excluding carboxylic acids is 1. The summed E-state index contributed by atoms with van der Waals surface area (Å²) in [5.41, 5.74) is 0. The fourth-order valence-electron chi connectivity index (χ4n) is 2.24. The zero-order valence-electron chi connectivity index (χ0n) is 10.5. The first kappa shape index (κ1) is 12.7. The van der Waals surface area contributed by atoms with Gasteiger partial charge in [-0.2, -0.15) is 0 Å². The van der Waals surface area contributed by atoms with Crippen LogP contribution in [0.5, 0.6) is 0 Å². The molecule has 0 unspecified atom stereocenters. The highest BCUT2D eigenvalue weighted by molar-refractivity contribution is 5.82. The van der Waals surface area contributed by atoms with Crippen molar-refractivity contribution in [2.24, 2.45) is 11.8 Å². The number of ketones is 1. The maximum Gasteiger partial charge on any atom is 0.149 e. The van der Waals surface area contributed by atoms with Crippen LogP contribution in [0.3, 0.4) is 0 Å². The molecule has 2 nitrogen and oxygen atoms in total. The summed E-state index contributed by atoms with van der Waals surface area (Å²) in [7, 11) is 0. The van der Waals surface area contributed by atoms with E-state index in [4.69, 9.17) is 0 Å². The van der Waals surface area contributed by atoms with E-state index in [-0.39, 0.29) is 5.92 Å². The van der Waals surface area contributed by atoms with Gasteiger partial charge in [-0.05, 0) is 31.8 Å². The van der Waals surface area contributed by atoms with Crippen LogP contribution in [0.15, 0.2) is 0 Å². The highest BCUT2D eigenvalue weighted by Crippen LogP contribution is 2.21. The van der Waals surface area contributed by atoms with Crippen molar-refractivity contribution in [2.45, 2.75) is 46.5 Å². The lowest BCUT2D eigenvalue weighted by Crippen LogP contribution is -2.38. The summed E-state index contributed by atoms with van der Waals surface area (Å²) in [4.78, 5) is 13.9. The topological polar surface area (TPSA) is 20.3 Å². The smallest absolute Gasteiger partial charge is 0.149 e. The van der Waals surface area contributed by atoms with Crippen molar-refractivity contribution in [2.75, 3.05) is 19.6 Å². The van der Waals surface area contributed by atoms with Crippen LogP contribution >= 0.6 is 0 Å². The minimum atomic E-state index is 0.193. The Hall–Kier alpha value is -0.370. The Morgan fingerprint density at radius 1 is 1.33 bits per heavy atom. The second kappa shape index (κ2) is 6.26. The van der Waals surface area contributed by atoms with E-state index < -0.39 is 0 Å². The lowest BCUT2D eigenvalue weighted by molar-refractivity contribution is -0.123. The molecule has 1 rings (SSSR count). The van der Waals surface area contributed by atoms with Gasteiger partial charge in [-0.15, -0.1) is 0 Å². The van der Waals surface area contributed by atoms with Crippen molar-refractivity contribution in [3.05, 3.63) is 0 Å². The van der Waals surface area contributed by atoms with Crippen molar-refractivity contribution < 1.29 is 4.79 Å². The summed E-state index contributed by atoms with van der Waals surface area (Å²) in [5, 5.41) is 0. The van der Waals surface area contributed by atoms with Gasteiger partial charge in [0.15, 0.2) is 0 Å². The normalized spacial score (nSPS) is 19.7. The standard InChI is InChI=1S/C13H25NO/c1-4-5-12-6-8-14(9-7-12)10-13(15)11(2)3/h11-12H,4-10H2,1-3H3. The molecule has 0 atom stereocenters. The molecule has 0 amide bonds. The van der Waals surface area contributed by atoms with Crippen LogP contribution in [0.1, 0.15) is 46.5 Å². The van der Waals surface area contributed by atoms with Crippen LogP contribution in [-0.2, 0) is 4.79 Å². The molecule has 15 heavy (non-hydrogen) atoms. The maximum atomic E-state index is 11.6. The molecule has 0 aliphatic carbocycles. The minimum absolute atomic E-state index is 0.193. The molecule has 0 bridgehead atoms. The van der Waals surface area contributed by atoms with E-state index in [1.54, 1.807) is 0 Å². The van der Waals surface area contributed by atoms with E-state index in [0.29, 0.717) is 12.3 Å². The quantitative estimate of drug-likeness (QED) is 0.697. The van der Waals surface area contributed by atoms with Crippen LogP contribution in [0, 0.1) is 11.8 Å². The molecule has 1 fully saturated rings. The van der Waals surface area contributed by atoms with Gasteiger partial charge in [0.2, 0.25) is 0 Å². The molecule has 0 saturated carbocycles. The molecule has 0 aromatic rings. The third-order valence-electron chi connectivity index (χ3n) is 3.43. The molecule has 88 valence electrons. The molecule has 0 N–H and O–H groups in total. The average Bonchev–Trinajstić information content (AvgIpc) is 2.21. The number of carbonyl (C=O) groups is 1. The number of Topliss-reactive ketones (excluding diaryl/α,β-unsaturated/α-hetero) is 1. The summed E-state index contributed by atoms with van der Waals surface area (Å²) < 4.78 is 0. The largest absolute Gasteiger partial charge is 0.298 e. The Bertz CT molecular complexity index is 193. The highest BCUT2D eigenvalue weighted by Gasteiger charge is 2.20. The zero-order valence-corrected chi connectivity index (χ0v) is 10.5. The van der Waals surface area contributed by atoms with Gasteiger partial charge in [-0.25, -0.2) is 0 Å². The number of hydrogen-bond acceptors (Lipinski definition) is 2. The molecule has 0 aromatic heterocycles. The third-order valence-corrected chi connectivity index (χ3v) is 3.43. The molecular formula is C13H25NO.